The van der Waals surface area contributed by atoms with Gasteiger partial charge in [-0.15, -0.1) is 0 Å². The Morgan fingerprint density at radius 2 is 2.00 bits per heavy atom. The fraction of sp³-hybridized carbons (Fsp3) is 0.917. The highest BCUT2D eigenvalue weighted by Crippen LogP contribution is 2.20. The molecule has 0 unspecified atom stereocenters. The van der Waals surface area contributed by atoms with Crippen LogP contribution in [0.3, 0.4) is 0 Å². The smallest absolute Gasteiger partial charge is 0.236 e. The standard InChI is InChI=1S/C12H25N3O/c1-5-14(4)11(16)10-15-8-6-12(2,13-3)7-9-15/h13H,5-10H2,1-4H3. The van der Waals surface area contributed by atoms with Crippen molar-refractivity contribution in [2.75, 3.05) is 40.3 Å². The predicted octanol–water partition coefficient (Wildman–Crippen LogP) is 0.539. The van der Waals surface area contributed by atoms with Crippen LogP contribution in [0.2, 0.25) is 0 Å². The molecule has 4 heteroatoms. The second-order valence-corrected chi connectivity index (χ2v) is 4.99. The second-order valence-electron chi connectivity index (χ2n) is 4.99. The first kappa shape index (κ1) is 13.5. The van der Waals surface area contributed by atoms with Gasteiger partial charge in [-0.05, 0) is 33.7 Å². The van der Waals surface area contributed by atoms with Crippen molar-refractivity contribution in [1.82, 2.24) is 15.1 Å². The van der Waals surface area contributed by atoms with Crippen LogP contribution in [0.15, 0.2) is 0 Å². The maximum atomic E-state index is 11.7. The Balaban J connectivity index is 2.35. The molecule has 1 heterocycles. The van der Waals surface area contributed by atoms with Crippen LogP contribution in [0.1, 0.15) is 26.7 Å². The van der Waals surface area contributed by atoms with E-state index in [0.717, 1.165) is 32.5 Å². The fourth-order valence-corrected chi connectivity index (χ4v) is 1.94. The van der Waals surface area contributed by atoms with Gasteiger partial charge in [0.2, 0.25) is 5.91 Å². The van der Waals surface area contributed by atoms with Crippen LogP contribution in [0.25, 0.3) is 0 Å². The highest BCUT2D eigenvalue weighted by atomic mass is 16.2. The maximum absolute atomic E-state index is 11.7. The summed E-state index contributed by atoms with van der Waals surface area (Å²) in [6, 6.07) is 0. The number of hydrogen-bond donors (Lipinski definition) is 1. The number of piperidine rings is 1. The number of rotatable bonds is 4. The number of carbonyl (C=O) groups is 1. The lowest BCUT2D eigenvalue weighted by Crippen LogP contribution is -2.51. The predicted molar refractivity (Wildman–Crippen MR) is 66.4 cm³/mol. The topological polar surface area (TPSA) is 35.6 Å². The third-order valence-corrected chi connectivity index (χ3v) is 3.82. The molecule has 0 radical (unpaired) electrons. The number of nitrogens with one attached hydrogen (secondary N) is 1. The van der Waals surface area contributed by atoms with E-state index in [1.165, 1.54) is 0 Å². The summed E-state index contributed by atoms with van der Waals surface area (Å²) in [5.41, 5.74) is 0.260. The summed E-state index contributed by atoms with van der Waals surface area (Å²) in [5.74, 6) is 0.232. The van der Waals surface area contributed by atoms with Crippen LogP contribution in [0, 0.1) is 0 Å². The Bertz CT molecular complexity index is 234. The lowest BCUT2D eigenvalue weighted by molar-refractivity contribution is -0.131. The highest BCUT2D eigenvalue weighted by Gasteiger charge is 2.29. The molecule has 0 aromatic carbocycles. The van der Waals surface area contributed by atoms with Crippen LogP contribution in [-0.2, 0) is 4.79 Å². The van der Waals surface area contributed by atoms with Crippen LogP contribution < -0.4 is 5.32 Å². The van der Waals surface area contributed by atoms with Gasteiger partial charge in [0.1, 0.15) is 0 Å². The molecular formula is C12H25N3O. The van der Waals surface area contributed by atoms with E-state index in [4.69, 9.17) is 0 Å². The van der Waals surface area contributed by atoms with Gasteiger partial charge >= 0.3 is 0 Å². The van der Waals surface area contributed by atoms with Crippen LogP contribution in [-0.4, -0.2) is 61.5 Å². The molecular weight excluding hydrogens is 202 g/mol. The Morgan fingerprint density at radius 1 is 1.44 bits per heavy atom. The summed E-state index contributed by atoms with van der Waals surface area (Å²) in [6.45, 7) is 7.66. The summed E-state index contributed by atoms with van der Waals surface area (Å²) in [6.07, 6.45) is 2.24. The molecule has 1 amide bonds. The molecule has 94 valence electrons. The van der Waals surface area contributed by atoms with E-state index >= 15 is 0 Å². The van der Waals surface area contributed by atoms with E-state index in [1.54, 1.807) is 4.90 Å². The minimum absolute atomic E-state index is 0.232. The zero-order valence-electron chi connectivity index (χ0n) is 11.0. The first-order valence-electron chi connectivity index (χ1n) is 6.16. The van der Waals surface area contributed by atoms with Gasteiger partial charge in [-0.1, -0.05) is 0 Å². The third kappa shape index (κ3) is 3.46. The monoisotopic (exact) mass is 227 g/mol. The molecule has 1 saturated heterocycles. The van der Waals surface area contributed by atoms with Crippen molar-refractivity contribution in [2.24, 2.45) is 0 Å². The molecule has 0 spiro atoms. The van der Waals surface area contributed by atoms with Crippen molar-refractivity contribution in [1.29, 1.82) is 0 Å². The van der Waals surface area contributed by atoms with Crippen molar-refractivity contribution in [3.8, 4) is 0 Å². The van der Waals surface area contributed by atoms with Gasteiger partial charge in [0.25, 0.3) is 0 Å². The van der Waals surface area contributed by atoms with Crippen molar-refractivity contribution < 1.29 is 4.79 Å². The van der Waals surface area contributed by atoms with Crippen molar-refractivity contribution in [2.45, 2.75) is 32.2 Å². The molecule has 1 fully saturated rings. The average Bonchev–Trinajstić information content (AvgIpc) is 2.31. The first-order valence-corrected chi connectivity index (χ1v) is 6.16. The summed E-state index contributed by atoms with van der Waals surface area (Å²) < 4.78 is 0. The van der Waals surface area contributed by atoms with Crippen LogP contribution in [0.5, 0.6) is 0 Å². The van der Waals surface area contributed by atoms with Crippen molar-refractivity contribution >= 4 is 5.91 Å². The molecule has 1 rings (SSSR count). The largest absolute Gasteiger partial charge is 0.345 e. The number of hydrogen-bond acceptors (Lipinski definition) is 3. The van der Waals surface area contributed by atoms with Gasteiger partial charge in [-0.25, -0.2) is 0 Å². The molecule has 1 aliphatic rings. The van der Waals surface area contributed by atoms with E-state index < -0.39 is 0 Å². The molecule has 0 bridgehead atoms. The van der Waals surface area contributed by atoms with Gasteiger partial charge in [-0.3, -0.25) is 9.69 Å². The minimum Gasteiger partial charge on any atom is -0.345 e. The number of nitrogens with zero attached hydrogens (tertiary/aromatic N) is 2. The number of amides is 1. The average molecular weight is 227 g/mol. The first-order chi connectivity index (χ1) is 7.50. The van der Waals surface area contributed by atoms with Crippen LogP contribution >= 0.6 is 0 Å². The van der Waals surface area contributed by atoms with Gasteiger partial charge in [-0.2, -0.15) is 0 Å². The molecule has 0 aromatic heterocycles. The van der Waals surface area contributed by atoms with Gasteiger partial charge in [0.05, 0.1) is 6.54 Å². The number of likely N-dealkylation sites (N-methyl/N-ethyl adjacent to an activating group) is 1. The zero-order valence-corrected chi connectivity index (χ0v) is 11.0. The van der Waals surface area contributed by atoms with E-state index in [1.807, 2.05) is 21.0 Å². The lowest BCUT2D eigenvalue weighted by atomic mass is 9.90. The molecule has 16 heavy (non-hydrogen) atoms. The van der Waals surface area contributed by atoms with E-state index in [-0.39, 0.29) is 11.4 Å². The Labute approximate surface area is 99.0 Å². The van der Waals surface area contributed by atoms with Gasteiger partial charge in [0, 0.05) is 32.2 Å². The van der Waals surface area contributed by atoms with E-state index in [9.17, 15) is 4.79 Å². The van der Waals surface area contributed by atoms with Gasteiger partial charge in [0.15, 0.2) is 0 Å². The number of carbonyl (C=O) groups excluding carboxylic acids is 1. The summed E-state index contributed by atoms with van der Waals surface area (Å²) in [5, 5.41) is 3.37. The zero-order chi connectivity index (χ0) is 12.2. The molecule has 0 aromatic rings. The Hall–Kier alpha value is -0.610. The quantitative estimate of drug-likeness (QED) is 0.761. The minimum atomic E-state index is 0.232. The van der Waals surface area contributed by atoms with E-state index in [0.29, 0.717) is 6.54 Å². The fourth-order valence-electron chi connectivity index (χ4n) is 1.94. The lowest BCUT2D eigenvalue weighted by Gasteiger charge is -2.39. The van der Waals surface area contributed by atoms with E-state index in [2.05, 4.69) is 17.1 Å². The third-order valence-electron chi connectivity index (χ3n) is 3.82. The van der Waals surface area contributed by atoms with Crippen molar-refractivity contribution in [3.63, 3.8) is 0 Å². The summed E-state index contributed by atoms with van der Waals surface area (Å²) in [4.78, 5) is 15.8. The molecule has 1 aliphatic heterocycles. The summed E-state index contributed by atoms with van der Waals surface area (Å²) in [7, 11) is 3.88. The molecule has 1 N–H and O–H groups in total. The highest BCUT2D eigenvalue weighted by molar-refractivity contribution is 5.77. The molecule has 0 aliphatic carbocycles. The molecule has 0 saturated carbocycles. The molecule has 4 nitrogen and oxygen atoms in total. The van der Waals surface area contributed by atoms with Gasteiger partial charge < -0.3 is 10.2 Å². The summed E-state index contributed by atoms with van der Waals surface area (Å²) >= 11 is 0. The maximum Gasteiger partial charge on any atom is 0.236 e. The Kier molecular flexibility index (Phi) is 4.74. The molecule has 0 atom stereocenters. The Morgan fingerprint density at radius 3 is 2.44 bits per heavy atom. The second kappa shape index (κ2) is 5.64. The normalized spacial score (nSPS) is 20.8. The number of likely N-dealkylation sites (tertiary alicyclic amines) is 1. The van der Waals surface area contributed by atoms with Crippen LogP contribution in [0.4, 0.5) is 0 Å². The van der Waals surface area contributed by atoms with Crippen molar-refractivity contribution in [3.05, 3.63) is 0 Å². The SMILES string of the molecule is CCN(C)C(=O)CN1CCC(C)(NC)CC1.